The number of likely N-dealkylation sites (tertiary alicyclic amines) is 1. The number of carbonyl (C=O) groups is 1. The summed E-state index contributed by atoms with van der Waals surface area (Å²) in [6, 6.07) is 5.86. The summed E-state index contributed by atoms with van der Waals surface area (Å²) in [5, 5.41) is 1.13. The number of unbranched alkanes of at least 4 members (excludes halogenated alkanes) is 3. The molecule has 1 aliphatic rings. The zero-order valence-corrected chi connectivity index (χ0v) is 27.4. The van der Waals surface area contributed by atoms with Crippen LogP contribution in [0, 0.1) is 5.92 Å². The SMILES string of the molecule is CCCCC[CH2][In][CH2]C1CCN(CC[C@H](CN(C)C(=O)OC(C)(C)C)c2ccc(Cl)c(Cl)c2)CC1. The van der Waals surface area contributed by atoms with Gasteiger partial charge in [-0.2, -0.15) is 0 Å². The standard InChI is InChI=1S/C22H33Cl2N2O2.C6H13.In/c1-16-8-11-26(12-9-16)13-10-18(17-6-7-19(23)20(24)14-17)15-25(5)21(27)28-22(2,3)4;1-3-5-6-4-2;/h6-7,14,16,18H,1,8-13,15H2,2-5H3;1,3-6H2,2H3;/t18-;;/m1../s1. The second kappa shape index (κ2) is 16.0. The number of nitrogens with zero attached hydrogens (tertiary/aromatic N) is 2. The van der Waals surface area contributed by atoms with Gasteiger partial charge in [-0.15, -0.1) is 0 Å². The van der Waals surface area contributed by atoms with E-state index in [2.05, 4.69) is 11.8 Å². The molecule has 1 fully saturated rings. The van der Waals surface area contributed by atoms with Crippen LogP contribution >= 0.6 is 23.2 Å². The number of carbonyl (C=O) groups excluding carboxylic acids is 1. The summed E-state index contributed by atoms with van der Waals surface area (Å²) in [6.07, 6.45) is 9.10. The molecule has 4 nitrogen and oxygen atoms in total. The number of ether oxygens (including phenoxy) is 1. The van der Waals surface area contributed by atoms with E-state index in [1.54, 1.807) is 13.3 Å². The van der Waals surface area contributed by atoms with Crippen molar-refractivity contribution in [1.82, 2.24) is 9.80 Å². The summed E-state index contributed by atoms with van der Waals surface area (Å²) in [4.78, 5) is 16.9. The van der Waals surface area contributed by atoms with Crippen molar-refractivity contribution in [1.29, 1.82) is 0 Å². The molecular formula is C28H46Cl2InN2O2. The normalized spacial score (nSPS) is 16.2. The average Bonchev–Trinajstić information content (AvgIpc) is 2.80. The molecule has 35 heavy (non-hydrogen) atoms. The first-order valence-electron chi connectivity index (χ1n) is 13.5. The zero-order valence-electron chi connectivity index (χ0n) is 22.6. The van der Waals surface area contributed by atoms with Crippen LogP contribution in [0.25, 0.3) is 0 Å². The van der Waals surface area contributed by atoms with E-state index in [4.69, 9.17) is 27.9 Å². The van der Waals surface area contributed by atoms with Gasteiger partial charge in [0, 0.05) is 0 Å². The van der Waals surface area contributed by atoms with Crippen LogP contribution in [0.4, 0.5) is 4.79 Å². The molecule has 1 aromatic carbocycles. The number of hydrogen-bond acceptors (Lipinski definition) is 3. The van der Waals surface area contributed by atoms with E-state index in [0.29, 0.717) is 16.6 Å². The summed E-state index contributed by atoms with van der Waals surface area (Å²) in [5.41, 5.74) is 0.620. The van der Waals surface area contributed by atoms with Crippen molar-refractivity contribution < 1.29 is 9.53 Å². The first-order chi connectivity index (χ1) is 16.6. The molecule has 1 aromatic rings. The maximum atomic E-state index is 12.6. The molecule has 1 aliphatic heterocycles. The third-order valence-corrected chi connectivity index (χ3v) is 12.8. The van der Waals surface area contributed by atoms with E-state index in [-0.39, 0.29) is 34.9 Å². The van der Waals surface area contributed by atoms with Gasteiger partial charge in [-0.25, -0.2) is 0 Å². The van der Waals surface area contributed by atoms with Crippen LogP contribution < -0.4 is 0 Å². The van der Waals surface area contributed by atoms with E-state index < -0.39 is 5.60 Å². The molecule has 1 atom stereocenters. The van der Waals surface area contributed by atoms with Crippen LogP contribution in [-0.4, -0.2) is 77.6 Å². The van der Waals surface area contributed by atoms with Crippen LogP contribution in [0.1, 0.15) is 84.1 Å². The quantitative estimate of drug-likeness (QED) is 0.207. The van der Waals surface area contributed by atoms with Crippen LogP contribution in [0.15, 0.2) is 18.2 Å². The predicted molar refractivity (Wildman–Crippen MR) is 151 cm³/mol. The first-order valence-corrected chi connectivity index (χ1v) is 18.9. The van der Waals surface area contributed by atoms with Crippen LogP contribution in [0.5, 0.6) is 0 Å². The molecule has 1 amide bonds. The van der Waals surface area contributed by atoms with Crippen molar-refractivity contribution >= 4 is 52.2 Å². The molecule has 0 spiro atoms. The Kier molecular flexibility index (Phi) is 14.2. The predicted octanol–water partition coefficient (Wildman–Crippen LogP) is 8.17. The number of hydrogen-bond donors (Lipinski definition) is 0. The molecule has 7 heteroatoms. The number of amides is 1. The minimum atomic E-state index is -0.506. The molecule has 1 heterocycles. The van der Waals surface area contributed by atoms with Gasteiger partial charge in [0.15, 0.2) is 0 Å². The molecule has 1 radical (unpaired) electrons. The molecule has 0 aliphatic carbocycles. The Balaban J connectivity index is 1.86. The van der Waals surface area contributed by atoms with Gasteiger partial charge in [0.2, 0.25) is 0 Å². The van der Waals surface area contributed by atoms with E-state index in [1.807, 2.05) is 46.0 Å². The van der Waals surface area contributed by atoms with Crippen LogP contribution in [0.3, 0.4) is 0 Å². The minimum absolute atomic E-state index is 0.179. The topological polar surface area (TPSA) is 32.8 Å². The van der Waals surface area contributed by atoms with E-state index >= 15 is 0 Å². The van der Waals surface area contributed by atoms with Gasteiger partial charge in [0.1, 0.15) is 5.60 Å². The number of likely N-dealkylation sites (N-methyl/N-ethyl adjacent to an activating group) is 1. The summed E-state index contributed by atoms with van der Waals surface area (Å²) < 4.78 is 8.75. The number of benzene rings is 1. The molecular weight excluding hydrogens is 582 g/mol. The van der Waals surface area contributed by atoms with Gasteiger partial charge in [0.05, 0.1) is 0 Å². The fraction of sp³-hybridized carbons (Fsp3) is 0.750. The van der Waals surface area contributed by atoms with Gasteiger partial charge in [-0.05, 0) is 20.8 Å². The molecule has 197 valence electrons. The Morgan fingerprint density at radius 1 is 1.17 bits per heavy atom. The molecule has 1 saturated heterocycles. The molecule has 0 aromatic heterocycles. The number of halogens is 2. The Morgan fingerprint density at radius 3 is 2.51 bits per heavy atom. The van der Waals surface area contributed by atoms with Crippen molar-refractivity contribution in [2.24, 2.45) is 5.92 Å². The van der Waals surface area contributed by atoms with Crippen LogP contribution in [-0.2, 0) is 4.74 Å². The fourth-order valence-corrected chi connectivity index (χ4v) is 10.0. The summed E-state index contributed by atoms with van der Waals surface area (Å²) in [6.45, 7) is 12.0. The third-order valence-electron chi connectivity index (χ3n) is 6.88. The van der Waals surface area contributed by atoms with Crippen molar-refractivity contribution in [3.63, 3.8) is 0 Å². The fourth-order valence-electron chi connectivity index (χ4n) is 4.73. The van der Waals surface area contributed by atoms with Crippen molar-refractivity contribution in [3.05, 3.63) is 33.8 Å². The van der Waals surface area contributed by atoms with E-state index in [9.17, 15) is 4.79 Å². The van der Waals surface area contributed by atoms with Crippen LogP contribution in [0.2, 0.25) is 18.4 Å². The Morgan fingerprint density at radius 2 is 1.89 bits per heavy atom. The monoisotopic (exact) mass is 627 g/mol. The summed E-state index contributed by atoms with van der Waals surface area (Å²) in [7, 11) is 1.82. The summed E-state index contributed by atoms with van der Waals surface area (Å²) in [5.74, 6) is 1.15. The van der Waals surface area contributed by atoms with E-state index in [1.165, 1.54) is 51.6 Å². The van der Waals surface area contributed by atoms with Gasteiger partial charge in [-0.3, -0.25) is 0 Å². The van der Waals surface area contributed by atoms with Gasteiger partial charge in [-0.1, -0.05) is 11.6 Å². The van der Waals surface area contributed by atoms with Crippen molar-refractivity contribution in [2.75, 3.05) is 33.2 Å². The zero-order chi connectivity index (χ0) is 25.8. The molecule has 2 rings (SSSR count). The average molecular weight is 628 g/mol. The van der Waals surface area contributed by atoms with Gasteiger partial charge >= 0.3 is 199 Å². The number of piperidine rings is 1. The molecule has 0 bridgehead atoms. The Hall–Kier alpha value is -0.0999. The number of rotatable bonds is 13. The van der Waals surface area contributed by atoms with E-state index in [0.717, 1.165) is 24.4 Å². The maximum absolute atomic E-state index is 12.6. The summed E-state index contributed by atoms with van der Waals surface area (Å²) >= 11 is 12.2. The van der Waals surface area contributed by atoms with Crippen molar-refractivity contribution in [2.45, 2.75) is 92.5 Å². The third kappa shape index (κ3) is 12.3. The first kappa shape index (κ1) is 31.1. The molecule has 0 saturated carbocycles. The van der Waals surface area contributed by atoms with Gasteiger partial charge in [0.25, 0.3) is 0 Å². The van der Waals surface area contributed by atoms with Crippen molar-refractivity contribution in [3.8, 4) is 0 Å². The Bertz CT molecular complexity index is 764. The second-order valence-electron chi connectivity index (χ2n) is 11.2. The molecule has 0 unspecified atom stereocenters. The second-order valence-corrected chi connectivity index (χ2v) is 16.6. The Labute approximate surface area is 235 Å². The molecule has 0 N–H and O–H groups in total. The van der Waals surface area contributed by atoms with Gasteiger partial charge < -0.3 is 0 Å².